The number of rotatable bonds is 5. The van der Waals surface area contributed by atoms with Crippen LogP contribution < -0.4 is 11.1 Å². The molecule has 4 nitrogen and oxygen atoms in total. The summed E-state index contributed by atoms with van der Waals surface area (Å²) in [7, 11) is 0. The van der Waals surface area contributed by atoms with Crippen molar-refractivity contribution in [2.75, 3.05) is 31.5 Å². The number of hydrogen-bond donors (Lipinski definition) is 2. The van der Waals surface area contributed by atoms with Crippen LogP contribution in [0.15, 0.2) is 35.3 Å². The van der Waals surface area contributed by atoms with Crippen molar-refractivity contribution in [1.82, 2.24) is 4.90 Å². The standard InChI is InChI=1S/C15H24N4.HI/c1-13(12-19-9-5-6-10-19)11-17-15(16)18-14-7-3-2-4-8-14;/h2-4,7-8,13H,5-6,9-12H2,1H3,(H3,16,17,18);1H. The Morgan fingerprint density at radius 1 is 1.30 bits per heavy atom. The Hall–Kier alpha value is -0.820. The normalized spacial score (nSPS) is 17.6. The van der Waals surface area contributed by atoms with Crippen LogP contribution in [-0.4, -0.2) is 37.0 Å². The van der Waals surface area contributed by atoms with Crippen molar-refractivity contribution in [2.45, 2.75) is 19.8 Å². The summed E-state index contributed by atoms with van der Waals surface area (Å²) in [6, 6.07) is 9.90. The van der Waals surface area contributed by atoms with E-state index in [1.54, 1.807) is 0 Å². The summed E-state index contributed by atoms with van der Waals surface area (Å²) in [6.07, 6.45) is 2.68. The Labute approximate surface area is 138 Å². The van der Waals surface area contributed by atoms with Crippen LogP contribution in [0, 0.1) is 5.92 Å². The molecule has 1 aliphatic rings. The van der Waals surface area contributed by atoms with E-state index in [2.05, 4.69) is 22.1 Å². The van der Waals surface area contributed by atoms with Crippen LogP contribution in [0.3, 0.4) is 0 Å². The largest absolute Gasteiger partial charge is 0.370 e. The number of anilines is 1. The first-order chi connectivity index (χ1) is 9.24. The first-order valence-electron chi connectivity index (χ1n) is 7.08. The van der Waals surface area contributed by atoms with Gasteiger partial charge in [0.25, 0.3) is 0 Å². The predicted octanol–water partition coefficient (Wildman–Crippen LogP) is 2.76. The highest BCUT2D eigenvalue weighted by Crippen LogP contribution is 2.10. The van der Waals surface area contributed by atoms with E-state index in [9.17, 15) is 0 Å². The molecule has 1 heterocycles. The quantitative estimate of drug-likeness (QED) is 0.464. The van der Waals surface area contributed by atoms with Gasteiger partial charge in [0.15, 0.2) is 5.96 Å². The fraction of sp³-hybridized carbons (Fsp3) is 0.533. The summed E-state index contributed by atoms with van der Waals surface area (Å²) in [5.41, 5.74) is 6.87. The van der Waals surface area contributed by atoms with E-state index >= 15 is 0 Å². The van der Waals surface area contributed by atoms with E-state index in [-0.39, 0.29) is 24.0 Å². The van der Waals surface area contributed by atoms with Crippen molar-refractivity contribution in [1.29, 1.82) is 0 Å². The average Bonchev–Trinajstić information content (AvgIpc) is 2.90. The third kappa shape index (κ3) is 6.09. The average molecular weight is 388 g/mol. The highest BCUT2D eigenvalue weighted by molar-refractivity contribution is 14.0. The number of likely N-dealkylation sites (tertiary alicyclic amines) is 1. The van der Waals surface area contributed by atoms with Gasteiger partial charge in [0, 0.05) is 18.8 Å². The first kappa shape index (κ1) is 17.2. The molecule has 1 aliphatic heterocycles. The van der Waals surface area contributed by atoms with Gasteiger partial charge in [-0.15, -0.1) is 24.0 Å². The molecule has 0 bridgehead atoms. The van der Waals surface area contributed by atoms with Gasteiger partial charge < -0.3 is 16.0 Å². The van der Waals surface area contributed by atoms with E-state index in [1.807, 2.05) is 30.3 Å². The second kappa shape index (κ2) is 9.18. The number of guanidine groups is 1. The summed E-state index contributed by atoms with van der Waals surface area (Å²) in [6.45, 7) is 6.62. The van der Waals surface area contributed by atoms with Crippen LogP contribution in [0.2, 0.25) is 0 Å². The fourth-order valence-electron chi connectivity index (χ4n) is 2.43. The van der Waals surface area contributed by atoms with Crippen molar-refractivity contribution in [3.05, 3.63) is 30.3 Å². The van der Waals surface area contributed by atoms with Gasteiger partial charge in [-0.25, -0.2) is 0 Å². The van der Waals surface area contributed by atoms with Crippen molar-refractivity contribution in [3.63, 3.8) is 0 Å². The molecule has 0 amide bonds. The number of benzene rings is 1. The predicted molar refractivity (Wildman–Crippen MR) is 96.8 cm³/mol. The zero-order chi connectivity index (χ0) is 13.5. The van der Waals surface area contributed by atoms with E-state index in [0.717, 1.165) is 18.8 Å². The van der Waals surface area contributed by atoms with Gasteiger partial charge in [-0.05, 0) is 44.0 Å². The molecule has 0 spiro atoms. The Morgan fingerprint density at radius 3 is 2.60 bits per heavy atom. The molecule has 3 N–H and O–H groups in total. The van der Waals surface area contributed by atoms with Crippen LogP contribution >= 0.6 is 24.0 Å². The molecule has 1 unspecified atom stereocenters. The summed E-state index contributed by atoms with van der Waals surface area (Å²) in [5, 5.41) is 3.11. The van der Waals surface area contributed by atoms with E-state index in [1.165, 1.54) is 25.9 Å². The van der Waals surface area contributed by atoms with E-state index < -0.39 is 0 Å². The first-order valence-corrected chi connectivity index (χ1v) is 7.08. The van der Waals surface area contributed by atoms with Gasteiger partial charge in [-0.2, -0.15) is 0 Å². The Morgan fingerprint density at radius 2 is 1.95 bits per heavy atom. The molecule has 0 saturated carbocycles. The smallest absolute Gasteiger partial charge is 0.193 e. The second-order valence-corrected chi connectivity index (χ2v) is 5.33. The maximum Gasteiger partial charge on any atom is 0.193 e. The molecule has 0 aromatic heterocycles. The van der Waals surface area contributed by atoms with Crippen LogP contribution in [0.1, 0.15) is 19.8 Å². The zero-order valence-electron chi connectivity index (χ0n) is 12.1. The van der Waals surface area contributed by atoms with E-state index in [4.69, 9.17) is 5.73 Å². The van der Waals surface area contributed by atoms with Gasteiger partial charge in [-0.3, -0.25) is 4.99 Å². The molecule has 1 atom stereocenters. The fourth-order valence-corrected chi connectivity index (χ4v) is 2.43. The summed E-state index contributed by atoms with van der Waals surface area (Å²) >= 11 is 0. The lowest BCUT2D eigenvalue weighted by Gasteiger charge is -2.18. The summed E-state index contributed by atoms with van der Waals surface area (Å²) in [5.74, 6) is 1.05. The van der Waals surface area contributed by atoms with Crippen molar-refractivity contribution < 1.29 is 0 Å². The molecular formula is C15H25IN4. The zero-order valence-corrected chi connectivity index (χ0v) is 14.4. The monoisotopic (exact) mass is 388 g/mol. The van der Waals surface area contributed by atoms with Gasteiger partial charge >= 0.3 is 0 Å². The Balaban J connectivity index is 0.00000200. The van der Waals surface area contributed by atoms with Gasteiger partial charge in [0.05, 0.1) is 0 Å². The number of para-hydroxylation sites is 1. The van der Waals surface area contributed by atoms with Gasteiger partial charge in [0.1, 0.15) is 0 Å². The molecular weight excluding hydrogens is 363 g/mol. The minimum atomic E-state index is 0. The minimum Gasteiger partial charge on any atom is -0.370 e. The molecule has 5 heteroatoms. The third-order valence-electron chi connectivity index (χ3n) is 3.39. The van der Waals surface area contributed by atoms with Crippen LogP contribution in [0.25, 0.3) is 0 Å². The van der Waals surface area contributed by atoms with Crippen LogP contribution in [0.5, 0.6) is 0 Å². The molecule has 1 aromatic rings. The third-order valence-corrected chi connectivity index (χ3v) is 3.39. The Kier molecular flexibility index (Phi) is 7.91. The number of nitrogens with zero attached hydrogens (tertiary/aromatic N) is 2. The Bertz CT molecular complexity index is 402. The number of hydrogen-bond acceptors (Lipinski definition) is 2. The topological polar surface area (TPSA) is 53.6 Å². The lowest BCUT2D eigenvalue weighted by atomic mass is 10.2. The molecule has 20 heavy (non-hydrogen) atoms. The highest BCUT2D eigenvalue weighted by Gasteiger charge is 2.14. The lowest BCUT2D eigenvalue weighted by molar-refractivity contribution is 0.292. The molecule has 1 saturated heterocycles. The molecule has 1 aromatic carbocycles. The number of halogens is 1. The maximum atomic E-state index is 5.89. The van der Waals surface area contributed by atoms with Crippen LogP contribution in [-0.2, 0) is 0 Å². The lowest BCUT2D eigenvalue weighted by Crippen LogP contribution is -2.28. The van der Waals surface area contributed by atoms with Crippen molar-refractivity contribution >= 4 is 35.6 Å². The molecule has 112 valence electrons. The van der Waals surface area contributed by atoms with Gasteiger partial charge in [-0.1, -0.05) is 25.1 Å². The highest BCUT2D eigenvalue weighted by atomic mass is 127. The molecule has 0 radical (unpaired) electrons. The summed E-state index contributed by atoms with van der Waals surface area (Å²) < 4.78 is 0. The minimum absolute atomic E-state index is 0. The number of aliphatic imine (C=N–C) groups is 1. The number of nitrogens with two attached hydrogens (primary N) is 1. The molecule has 0 aliphatic carbocycles. The maximum absolute atomic E-state index is 5.89. The van der Waals surface area contributed by atoms with E-state index in [0.29, 0.717) is 11.9 Å². The van der Waals surface area contributed by atoms with Gasteiger partial charge in [0.2, 0.25) is 0 Å². The van der Waals surface area contributed by atoms with Crippen molar-refractivity contribution in [2.24, 2.45) is 16.6 Å². The second-order valence-electron chi connectivity index (χ2n) is 5.33. The number of nitrogens with one attached hydrogen (secondary N) is 1. The SMILES string of the molecule is CC(CN=C(N)Nc1ccccc1)CN1CCCC1.I. The molecule has 1 fully saturated rings. The molecule has 2 rings (SSSR count). The van der Waals surface area contributed by atoms with Crippen molar-refractivity contribution in [3.8, 4) is 0 Å². The summed E-state index contributed by atoms with van der Waals surface area (Å²) in [4.78, 5) is 6.93. The van der Waals surface area contributed by atoms with Crippen LogP contribution in [0.4, 0.5) is 5.69 Å².